The molecule has 0 bridgehead atoms. The van der Waals surface area contributed by atoms with E-state index in [2.05, 4.69) is 53.1 Å². The summed E-state index contributed by atoms with van der Waals surface area (Å²) in [6.07, 6.45) is 1.75. The fourth-order valence-electron chi connectivity index (χ4n) is 2.77. The maximum absolute atomic E-state index is 5.87. The van der Waals surface area contributed by atoms with Crippen molar-refractivity contribution in [3.63, 3.8) is 0 Å². The summed E-state index contributed by atoms with van der Waals surface area (Å²) in [4.78, 5) is 8.94. The Kier molecular flexibility index (Phi) is 4.28. The SMILES string of the molecule is CC(C)(C)c1ccc(-c2nnc(-c3cccc(-c4ccccn4)n3)o2)cc1. The van der Waals surface area contributed by atoms with Crippen LogP contribution in [0.25, 0.3) is 34.4 Å². The monoisotopic (exact) mass is 356 g/mol. The minimum Gasteiger partial charge on any atom is -0.415 e. The largest absolute Gasteiger partial charge is 0.415 e. The van der Waals surface area contributed by atoms with Crippen molar-refractivity contribution < 1.29 is 4.42 Å². The zero-order valence-electron chi connectivity index (χ0n) is 15.5. The van der Waals surface area contributed by atoms with Crippen LogP contribution in [0.1, 0.15) is 26.3 Å². The highest BCUT2D eigenvalue weighted by molar-refractivity contribution is 5.60. The first kappa shape index (κ1) is 17.1. The van der Waals surface area contributed by atoms with Crippen LogP contribution in [0.3, 0.4) is 0 Å². The Bertz CT molecular complexity index is 1050. The van der Waals surface area contributed by atoms with E-state index in [1.54, 1.807) is 6.20 Å². The van der Waals surface area contributed by atoms with Crippen LogP contribution >= 0.6 is 0 Å². The lowest BCUT2D eigenvalue weighted by Gasteiger charge is -2.18. The molecule has 0 radical (unpaired) electrons. The van der Waals surface area contributed by atoms with E-state index in [-0.39, 0.29) is 5.41 Å². The first-order valence-corrected chi connectivity index (χ1v) is 8.84. The van der Waals surface area contributed by atoms with Gasteiger partial charge < -0.3 is 4.42 Å². The lowest BCUT2D eigenvalue weighted by molar-refractivity contribution is 0.580. The fourth-order valence-corrected chi connectivity index (χ4v) is 2.77. The van der Waals surface area contributed by atoms with Gasteiger partial charge in [0, 0.05) is 11.8 Å². The first-order valence-electron chi connectivity index (χ1n) is 8.84. The van der Waals surface area contributed by atoms with E-state index in [9.17, 15) is 0 Å². The zero-order chi connectivity index (χ0) is 18.9. The number of benzene rings is 1. The average Bonchev–Trinajstić information content (AvgIpc) is 3.19. The van der Waals surface area contributed by atoms with E-state index in [1.807, 2.05) is 48.5 Å². The summed E-state index contributed by atoms with van der Waals surface area (Å²) in [5.74, 6) is 0.873. The Morgan fingerprint density at radius 3 is 2.11 bits per heavy atom. The third-order valence-corrected chi connectivity index (χ3v) is 4.32. The fraction of sp³-hybridized carbons (Fsp3) is 0.182. The van der Waals surface area contributed by atoms with Crippen LogP contribution in [0.4, 0.5) is 0 Å². The molecule has 27 heavy (non-hydrogen) atoms. The minimum absolute atomic E-state index is 0.106. The Balaban J connectivity index is 1.63. The van der Waals surface area contributed by atoms with Gasteiger partial charge in [0.15, 0.2) is 0 Å². The van der Waals surface area contributed by atoms with Gasteiger partial charge in [-0.05, 0) is 47.4 Å². The molecule has 5 heteroatoms. The summed E-state index contributed by atoms with van der Waals surface area (Å²) >= 11 is 0. The van der Waals surface area contributed by atoms with Gasteiger partial charge in [0.25, 0.3) is 5.89 Å². The molecule has 1 aromatic carbocycles. The molecule has 0 aliphatic heterocycles. The molecule has 3 heterocycles. The number of aromatic nitrogens is 4. The summed E-state index contributed by atoms with van der Waals surface area (Å²) in [5, 5.41) is 8.35. The maximum Gasteiger partial charge on any atom is 0.266 e. The molecule has 0 aliphatic carbocycles. The molecule has 134 valence electrons. The van der Waals surface area contributed by atoms with Gasteiger partial charge in [0.2, 0.25) is 5.89 Å². The van der Waals surface area contributed by atoms with Crippen LogP contribution in [-0.2, 0) is 5.41 Å². The Labute approximate surface area is 158 Å². The number of hydrogen-bond donors (Lipinski definition) is 0. The van der Waals surface area contributed by atoms with E-state index in [1.165, 1.54) is 5.56 Å². The standard InChI is InChI=1S/C22H20N4O/c1-22(2,3)16-12-10-15(11-13-16)20-25-26-21(27-20)19-9-6-8-18(24-19)17-7-4-5-14-23-17/h4-14H,1-3H3. The topological polar surface area (TPSA) is 64.7 Å². The lowest BCUT2D eigenvalue weighted by atomic mass is 9.87. The second kappa shape index (κ2) is 6.76. The van der Waals surface area contributed by atoms with Crippen LogP contribution in [0.15, 0.2) is 71.3 Å². The smallest absolute Gasteiger partial charge is 0.266 e. The number of nitrogens with zero attached hydrogens (tertiary/aromatic N) is 4. The number of rotatable bonds is 3. The van der Waals surface area contributed by atoms with E-state index in [0.717, 1.165) is 17.0 Å². The Hall–Kier alpha value is -3.34. The van der Waals surface area contributed by atoms with Crippen LogP contribution in [-0.4, -0.2) is 20.2 Å². The lowest BCUT2D eigenvalue weighted by Crippen LogP contribution is -2.10. The van der Waals surface area contributed by atoms with Crippen molar-refractivity contribution in [1.29, 1.82) is 0 Å². The second-order valence-corrected chi connectivity index (χ2v) is 7.36. The summed E-state index contributed by atoms with van der Waals surface area (Å²) in [6, 6.07) is 19.6. The van der Waals surface area contributed by atoms with E-state index in [4.69, 9.17) is 4.42 Å². The van der Waals surface area contributed by atoms with Gasteiger partial charge >= 0.3 is 0 Å². The van der Waals surface area contributed by atoms with Gasteiger partial charge in [-0.25, -0.2) is 4.98 Å². The molecule has 0 N–H and O–H groups in total. The highest BCUT2D eigenvalue weighted by Gasteiger charge is 2.16. The number of pyridine rings is 2. The predicted molar refractivity (Wildman–Crippen MR) is 105 cm³/mol. The van der Waals surface area contributed by atoms with Crippen molar-refractivity contribution in [2.45, 2.75) is 26.2 Å². The Morgan fingerprint density at radius 2 is 1.41 bits per heavy atom. The molecule has 0 amide bonds. The van der Waals surface area contributed by atoms with E-state index in [0.29, 0.717) is 17.5 Å². The first-order chi connectivity index (χ1) is 13.0. The molecule has 0 unspecified atom stereocenters. The van der Waals surface area contributed by atoms with Crippen LogP contribution in [0.5, 0.6) is 0 Å². The van der Waals surface area contributed by atoms with Crippen molar-refractivity contribution in [3.8, 4) is 34.4 Å². The molecule has 0 aliphatic rings. The van der Waals surface area contributed by atoms with Gasteiger partial charge in [-0.2, -0.15) is 0 Å². The van der Waals surface area contributed by atoms with Crippen molar-refractivity contribution in [2.24, 2.45) is 0 Å². The van der Waals surface area contributed by atoms with Crippen LogP contribution in [0, 0.1) is 0 Å². The average molecular weight is 356 g/mol. The van der Waals surface area contributed by atoms with Gasteiger partial charge in [0.1, 0.15) is 5.69 Å². The quantitative estimate of drug-likeness (QED) is 0.507. The molecular weight excluding hydrogens is 336 g/mol. The van der Waals surface area contributed by atoms with Gasteiger partial charge in [-0.1, -0.05) is 45.0 Å². The highest BCUT2D eigenvalue weighted by atomic mass is 16.4. The van der Waals surface area contributed by atoms with Crippen molar-refractivity contribution in [1.82, 2.24) is 20.2 Å². The molecule has 0 saturated carbocycles. The van der Waals surface area contributed by atoms with Crippen LogP contribution in [0.2, 0.25) is 0 Å². The Morgan fingerprint density at radius 1 is 0.704 bits per heavy atom. The van der Waals surface area contributed by atoms with Gasteiger partial charge in [0.05, 0.1) is 11.4 Å². The van der Waals surface area contributed by atoms with E-state index >= 15 is 0 Å². The van der Waals surface area contributed by atoms with Crippen molar-refractivity contribution in [2.75, 3.05) is 0 Å². The molecule has 3 aromatic heterocycles. The van der Waals surface area contributed by atoms with E-state index < -0.39 is 0 Å². The van der Waals surface area contributed by atoms with Gasteiger partial charge in [-0.15, -0.1) is 10.2 Å². The molecule has 0 spiro atoms. The molecule has 0 saturated heterocycles. The third-order valence-electron chi connectivity index (χ3n) is 4.32. The maximum atomic E-state index is 5.87. The summed E-state index contributed by atoms with van der Waals surface area (Å²) in [5.41, 5.74) is 4.45. The normalized spacial score (nSPS) is 11.5. The predicted octanol–water partition coefficient (Wildman–Crippen LogP) is 5.16. The number of hydrogen-bond acceptors (Lipinski definition) is 5. The summed E-state index contributed by atoms with van der Waals surface area (Å²) in [7, 11) is 0. The molecular formula is C22H20N4O. The molecule has 4 aromatic rings. The summed E-state index contributed by atoms with van der Waals surface area (Å²) in [6.45, 7) is 6.56. The van der Waals surface area contributed by atoms with Crippen molar-refractivity contribution in [3.05, 3.63) is 72.4 Å². The molecule has 0 atom stereocenters. The second-order valence-electron chi connectivity index (χ2n) is 7.36. The molecule has 5 nitrogen and oxygen atoms in total. The highest BCUT2D eigenvalue weighted by Crippen LogP contribution is 2.27. The minimum atomic E-state index is 0.106. The van der Waals surface area contributed by atoms with Crippen LogP contribution < -0.4 is 0 Å². The molecule has 4 rings (SSSR count). The van der Waals surface area contributed by atoms with Crippen molar-refractivity contribution >= 4 is 0 Å². The summed E-state index contributed by atoms with van der Waals surface area (Å²) < 4.78 is 5.87. The third kappa shape index (κ3) is 3.62. The molecule has 0 fully saturated rings. The van der Waals surface area contributed by atoms with Gasteiger partial charge in [-0.3, -0.25) is 4.98 Å². The zero-order valence-corrected chi connectivity index (χ0v) is 15.5.